The van der Waals surface area contributed by atoms with Crippen molar-refractivity contribution in [3.05, 3.63) is 21.0 Å². The molecule has 0 fully saturated rings. The maximum Gasteiger partial charge on any atom is 0.183 e. The van der Waals surface area contributed by atoms with Crippen LogP contribution in [0.4, 0.5) is 0 Å². The van der Waals surface area contributed by atoms with Crippen molar-refractivity contribution >= 4 is 31.9 Å². The lowest BCUT2D eigenvalue weighted by Crippen LogP contribution is -2.16. The minimum Gasteiger partial charge on any atom is -0.452 e. The molecule has 0 atom stereocenters. The van der Waals surface area contributed by atoms with Crippen molar-refractivity contribution in [2.45, 2.75) is 26.3 Å². The molecule has 0 aromatic carbocycles. The van der Waals surface area contributed by atoms with Crippen molar-refractivity contribution in [1.82, 2.24) is 5.32 Å². The zero-order valence-corrected chi connectivity index (χ0v) is 12.6. The molecule has 92 valence electrons. The molecule has 0 spiro atoms. The van der Waals surface area contributed by atoms with Gasteiger partial charge in [0.1, 0.15) is 5.76 Å². The number of rotatable bonds is 8. The third-order valence-electron chi connectivity index (χ3n) is 1.99. The van der Waals surface area contributed by atoms with Crippen LogP contribution < -0.4 is 5.32 Å². The molecule has 0 saturated heterocycles. The molecule has 0 aliphatic carbocycles. The highest BCUT2D eigenvalue weighted by Gasteiger charge is 2.04. The number of halogens is 2. The van der Waals surface area contributed by atoms with Gasteiger partial charge in [-0.1, -0.05) is 6.92 Å². The summed E-state index contributed by atoms with van der Waals surface area (Å²) in [5.74, 6) is 0.924. The molecule has 0 bridgehead atoms. The first-order valence-corrected chi connectivity index (χ1v) is 7.04. The summed E-state index contributed by atoms with van der Waals surface area (Å²) in [5, 5.41) is 3.30. The van der Waals surface area contributed by atoms with Crippen LogP contribution >= 0.6 is 31.9 Å². The number of nitrogens with one attached hydrogen (secondary N) is 1. The number of furan rings is 1. The van der Waals surface area contributed by atoms with Gasteiger partial charge in [-0.05, 0) is 57.3 Å². The second kappa shape index (κ2) is 8.28. The molecule has 0 aliphatic rings. The summed E-state index contributed by atoms with van der Waals surface area (Å²) >= 11 is 6.68. The van der Waals surface area contributed by atoms with Gasteiger partial charge in [-0.3, -0.25) is 0 Å². The minimum absolute atomic E-state index is 0.746. The Labute approximate surface area is 113 Å². The summed E-state index contributed by atoms with van der Waals surface area (Å²) in [6.07, 6.45) is 2.12. The van der Waals surface area contributed by atoms with Gasteiger partial charge in [-0.15, -0.1) is 0 Å². The zero-order valence-electron chi connectivity index (χ0n) is 9.39. The van der Waals surface area contributed by atoms with Crippen molar-refractivity contribution in [3.8, 4) is 0 Å². The van der Waals surface area contributed by atoms with Crippen LogP contribution in [0.2, 0.25) is 0 Å². The molecule has 1 rings (SSSR count). The lowest BCUT2D eigenvalue weighted by atomic mass is 10.4. The summed E-state index contributed by atoms with van der Waals surface area (Å²) in [6, 6.07) is 1.96. The highest BCUT2D eigenvalue weighted by Crippen LogP contribution is 2.26. The summed E-state index contributed by atoms with van der Waals surface area (Å²) in [5.41, 5.74) is 0. The fourth-order valence-corrected chi connectivity index (χ4v) is 1.89. The molecule has 0 saturated carbocycles. The molecule has 5 heteroatoms. The number of ether oxygens (including phenoxy) is 1. The molecule has 1 aromatic rings. The lowest BCUT2D eigenvalue weighted by molar-refractivity contribution is 0.132. The molecule has 0 unspecified atom stereocenters. The van der Waals surface area contributed by atoms with Crippen LogP contribution in [0, 0.1) is 0 Å². The molecule has 1 N–H and O–H groups in total. The fourth-order valence-electron chi connectivity index (χ4n) is 1.24. The maximum absolute atomic E-state index is 5.44. The van der Waals surface area contributed by atoms with E-state index in [2.05, 4.69) is 44.1 Å². The van der Waals surface area contributed by atoms with Gasteiger partial charge < -0.3 is 14.5 Å². The van der Waals surface area contributed by atoms with E-state index in [9.17, 15) is 0 Å². The Kier molecular flexibility index (Phi) is 7.36. The smallest absolute Gasteiger partial charge is 0.183 e. The van der Waals surface area contributed by atoms with Crippen LogP contribution in [0.15, 0.2) is 19.6 Å². The SMILES string of the molecule is CCCOCCCNCc1cc(Br)c(Br)o1. The number of hydrogen-bond acceptors (Lipinski definition) is 3. The lowest BCUT2D eigenvalue weighted by Gasteiger charge is -2.03. The summed E-state index contributed by atoms with van der Waals surface area (Å²) in [4.78, 5) is 0. The third-order valence-corrected chi connectivity index (χ3v) is 3.70. The van der Waals surface area contributed by atoms with Crippen LogP contribution in [0.3, 0.4) is 0 Å². The molecule has 1 heterocycles. The topological polar surface area (TPSA) is 34.4 Å². The molecule has 3 nitrogen and oxygen atoms in total. The van der Waals surface area contributed by atoms with Crippen LogP contribution in [-0.2, 0) is 11.3 Å². The Bertz CT molecular complexity index is 283. The van der Waals surface area contributed by atoms with E-state index in [4.69, 9.17) is 9.15 Å². The van der Waals surface area contributed by atoms with Gasteiger partial charge in [0.05, 0.1) is 11.0 Å². The van der Waals surface area contributed by atoms with E-state index in [0.717, 1.165) is 54.0 Å². The van der Waals surface area contributed by atoms with Crippen molar-refractivity contribution < 1.29 is 9.15 Å². The Morgan fingerprint density at radius 3 is 2.81 bits per heavy atom. The standard InChI is InChI=1S/C11H17Br2NO2/c1-2-5-15-6-3-4-14-8-9-7-10(12)11(13)16-9/h7,14H,2-6,8H2,1H3. The van der Waals surface area contributed by atoms with E-state index >= 15 is 0 Å². The van der Waals surface area contributed by atoms with E-state index in [1.54, 1.807) is 0 Å². The Morgan fingerprint density at radius 1 is 1.38 bits per heavy atom. The fraction of sp³-hybridized carbons (Fsp3) is 0.636. The predicted octanol–water partition coefficient (Wildman–Crippen LogP) is 3.71. The van der Waals surface area contributed by atoms with Gasteiger partial charge in [0.2, 0.25) is 0 Å². The number of hydrogen-bond donors (Lipinski definition) is 1. The zero-order chi connectivity index (χ0) is 11.8. The minimum atomic E-state index is 0.746. The third kappa shape index (κ3) is 5.48. The van der Waals surface area contributed by atoms with E-state index in [-0.39, 0.29) is 0 Å². The quantitative estimate of drug-likeness (QED) is 0.722. The van der Waals surface area contributed by atoms with Gasteiger partial charge in [0.25, 0.3) is 0 Å². The van der Waals surface area contributed by atoms with Crippen LogP contribution in [0.5, 0.6) is 0 Å². The van der Waals surface area contributed by atoms with Gasteiger partial charge in [-0.25, -0.2) is 0 Å². The van der Waals surface area contributed by atoms with E-state index < -0.39 is 0 Å². The first-order valence-electron chi connectivity index (χ1n) is 5.46. The molecule has 0 aliphatic heterocycles. The average Bonchev–Trinajstić information content (AvgIpc) is 2.57. The van der Waals surface area contributed by atoms with Crippen LogP contribution in [-0.4, -0.2) is 19.8 Å². The second-order valence-electron chi connectivity index (χ2n) is 3.48. The molecule has 0 radical (unpaired) electrons. The normalized spacial score (nSPS) is 10.9. The second-order valence-corrected chi connectivity index (χ2v) is 5.05. The Hall–Kier alpha value is 0.160. The summed E-state index contributed by atoms with van der Waals surface area (Å²) in [6.45, 7) is 5.49. The molecule has 16 heavy (non-hydrogen) atoms. The van der Waals surface area contributed by atoms with E-state index in [0.29, 0.717) is 0 Å². The van der Waals surface area contributed by atoms with Crippen molar-refractivity contribution in [1.29, 1.82) is 0 Å². The largest absolute Gasteiger partial charge is 0.452 e. The highest BCUT2D eigenvalue weighted by atomic mass is 79.9. The molecule has 1 aromatic heterocycles. The van der Waals surface area contributed by atoms with Gasteiger partial charge in [0.15, 0.2) is 4.67 Å². The Balaban J connectivity index is 2.03. The van der Waals surface area contributed by atoms with Crippen LogP contribution in [0.25, 0.3) is 0 Å². The van der Waals surface area contributed by atoms with E-state index in [1.807, 2.05) is 6.07 Å². The van der Waals surface area contributed by atoms with E-state index in [1.165, 1.54) is 0 Å². The van der Waals surface area contributed by atoms with Crippen LogP contribution in [0.1, 0.15) is 25.5 Å². The van der Waals surface area contributed by atoms with Crippen molar-refractivity contribution in [3.63, 3.8) is 0 Å². The van der Waals surface area contributed by atoms with Crippen molar-refractivity contribution in [2.75, 3.05) is 19.8 Å². The summed E-state index contributed by atoms with van der Waals surface area (Å²) in [7, 11) is 0. The summed E-state index contributed by atoms with van der Waals surface area (Å²) < 4.78 is 12.5. The average molecular weight is 355 g/mol. The molecule has 0 amide bonds. The maximum atomic E-state index is 5.44. The molecular weight excluding hydrogens is 338 g/mol. The van der Waals surface area contributed by atoms with Gasteiger partial charge in [-0.2, -0.15) is 0 Å². The first-order chi connectivity index (χ1) is 7.74. The van der Waals surface area contributed by atoms with Crippen molar-refractivity contribution in [2.24, 2.45) is 0 Å². The molecular formula is C11H17Br2NO2. The highest BCUT2D eigenvalue weighted by molar-refractivity contribution is 9.13. The first kappa shape index (κ1) is 14.2. The monoisotopic (exact) mass is 353 g/mol. The van der Waals surface area contributed by atoms with Gasteiger partial charge in [0, 0.05) is 13.2 Å². The predicted molar refractivity (Wildman–Crippen MR) is 71.5 cm³/mol. The Morgan fingerprint density at radius 2 is 2.19 bits per heavy atom. The van der Waals surface area contributed by atoms with Gasteiger partial charge >= 0.3 is 0 Å².